The maximum Gasteiger partial charge on any atom is 0.499 e. The molecule has 4 heteroatoms. The van der Waals surface area contributed by atoms with Crippen LogP contribution in [0.15, 0.2) is 6.07 Å². The summed E-state index contributed by atoms with van der Waals surface area (Å²) in [5.41, 5.74) is 0.956. The van der Waals surface area contributed by atoms with Gasteiger partial charge in [-0.3, -0.25) is 0 Å². The van der Waals surface area contributed by atoms with E-state index in [0.717, 1.165) is 10.4 Å². The van der Waals surface area contributed by atoms with Crippen LogP contribution in [0.5, 0.6) is 0 Å². The Morgan fingerprint density at radius 1 is 1.40 bits per heavy atom. The summed E-state index contributed by atoms with van der Waals surface area (Å²) in [5, 5.41) is 17.6. The van der Waals surface area contributed by atoms with Gasteiger partial charge in [0.05, 0.1) is 0 Å². The minimum atomic E-state index is -1.31. The van der Waals surface area contributed by atoms with Gasteiger partial charge < -0.3 is 10.0 Å². The molecule has 2 nitrogen and oxygen atoms in total. The summed E-state index contributed by atoms with van der Waals surface area (Å²) in [4.78, 5) is 1.11. The monoisotopic (exact) mass is 156 g/mol. The first-order valence-corrected chi connectivity index (χ1v) is 3.86. The number of hydrogen-bond donors (Lipinski definition) is 2. The van der Waals surface area contributed by atoms with Crippen molar-refractivity contribution in [3.63, 3.8) is 0 Å². The van der Waals surface area contributed by atoms with Crippen molar-refractivity contribution in [3.05, 3.63) is 16.5 Å². The summed E-state index contributed by atoms with van der Waals surface area (Å²) in [6, 6.07) is 1.94. The Morgan fingerprint density at radius 2 is 2.00 bits per heavy atom. The van der Waals surface area contributed by atoms with Crippen molar-refractivity contribution in [3.8, 4) is 0 Å². The molecule has 10 heavy (non-hydrogen) atoms. The summed E-state index contributed by atoms with van der Waals surface area (Å²) < 4.78 is 0.650. The van der Waals surface area contributed by atoms with Crippen LogP contribution in [0.2, 0.25) is 0 Å². The summed E-state index contributed by atoms with van der Waals surface area (Å²) in [5.74, 6) is 0. The van der Waals surface area contributed by atoms with Gasteiger partial charge in [-0.1, -0.05) is 0 Å². The first-order chi connectivity index (χ1) is 4.61. The van der Waals surface area contributed by atoms with Gasteiger partial charge in [0.15, 0.2) is 0 Å². The molecule has 0 unspecified atom stereocenters. The number of rotatable bonds is 1. The van der Waals surface area contributed by atoms with E-state index in [2.05, 4.69) is 0 Å². The maximum absolute atomic E-state index is 8.78. The Kier molecular flexibility index (Phi) is 2.13. The van der Waals surface area contributed by atoms with E-state index in [1.807, 2.05) is 19.9 Å². The van der Waals surface area contributed by atoms with Crippen molar-refractivity contribution in [1.29, 1.82) is 0 Å². The van der Waals surface area contributed by atoms with Gasteiger partial charge in [-0.25, -0.2) is 0 Å². The van der Waals surface area contributed by atoms with Crippen LogP contribution in [0.25, 0.3) is 0 Å². The van der Waals surface area contributed by atoms with Crippen LogP contribution in [0, 0.1) is 13.8 Å². The topological polar surface area (TPSA) is 40.5 Å². The minimum Gasteiger partial charge on any atom is -0.423 e. The molecule has 0 atom stereocenters. The second-order valence-electron chi connectivity index (χ2n) is 2.28. The second-order valence-corrected chi connectivity index (χ2v) is 3.57. The van der Waals surface area contributed by atoms with Gasteiger partial charge in [0, 0.05) is 9.65 Å². The molecule has 0 amide bonds. The van der Waals surface area contributed by atoms with Crippen molar-refractivity contribution in [2.75, 3.05) is 0 Å². The van der Waals surface area contributed by atoms with E-state index in [9.17, 15) is 0 Å². The summed E-state index contributed by atoms with van der Waals surface area (Å²) in [7, 11) is -1.31. The highest BCUT2D eigenvalue weighted by atomic mass is 32.1. The van der Waals surface area contributed by atoms with Gasteiger partial charge in [0.1, 0.15) is 0 Å². The van der Waals surface area contributed by atoms with E-state index in [1.54, 1.807) is 0 Å². The predicted molar refractivity (Wildman–Crippen MR) is 43.6 cm³/mol. The predicted octanol–water partition coefficient (Wildman–Crippen LogP) is 0.0447. The summed E-state index contributed by atoms with van der Waals surface area (Å²) in [6.07, 6.45) is 0. The third-order valence-corrected chi connectivity index (χ3v) is 2.51. The molecule has 54 valence electrons. The molecule has 0 aliphatic carbocycles. The van der Waals surface area contributed by atoms with Crippen molar-refractivity contribution in [2.45, 2.75) is 13.8 Å². The maximum atomic E-state index is 8.78. The zero-order chi connectivity index (χ0) is 7.72. The lowest BCUT2D eigenvalue weighted by Gasteiger charge is -1.93. The molecule has 0 spiro atoms. The molecule has 1 heterocycles. The lowest BCUT2D eigenvalue weighted by atomic mass is 9.87. The third-order valence-electron chi connectivity index (χ3n) is 1.31. The molecule has 0 aromatic carbocycles. The van der Waals surface area contributed by atoms with E-state index in [1.165, 1.54) is 11.3 Å². The second kappa shape index (κ2) is 2.74. The number of thiophene rings is 1. The minimum absolute atomic E-state index is 0.650. The summed E-state index contributed by atoms with van der Waals surface area (Å²) in [6.45, 7) is 3.82. The van der Waals surface area contributed by atoms with Crippen LogP contribution in [-0.2, 0) is 0 Å². The fraction of sp³-hybridized carbons (Fsp3) is 0.333. The molecule has 1 aromatic rings. The average molecular weight is 156 g/mol. The molecule has 0 saturated carbocycles. The smallest absolute Gasteiger partial charge is 0.423 e. The molecule has 0 bridgehead atoms. The molecule has 1 rings (SSSR count). The lowest BCUT2D eigenvalue weighted by Crippen LogP contribution is -2.28. The fourth-order valence-electron chi connectivity index (χ4n) is 0.916. The van der Waals surface area contributed by atoms with Gasteiger partial charge in [-0.15, -0.1) is 11.3 Å². The van der Waals surface area contributed by atoms with E-state index < -0.39 is 7.12 Å². The van der Waals surface area contributed by atoms with Crippen LogP contribution in [0.4, 0.5) is 0 Å². The van der Waals surface area contributed by atoms with E-state index in [-0.39, 0.29) is 0 Å². The molecular weight excluding hydrogens is 147 g/mol. The normalized spacial score (nSPS) is 10.0. The highest BCUT2D eigenvalue weighted by Gasteiger charge is 2.15. The van der Waals surface area contributed by atoms with Crippen LogP contribution in [0.1, 0.15) is 10.4 Å². The first-order valence-electron chi connectivity index (χ1n) is 3.04. The molecule has 1 aromatic heterocycles. The van der Waals surface area contributed by atoms with Gasteiger partial charge in [0.25, 0.3) is 0 Å². The van der Waals surface area contributed by atoms with Gasteiger partial charge in [0.2, 0.25) is 0 Å². The van der Waals surface area contributed by atoms with Gasteiger partial charge in [-0.2, -0.15) is 0 Å². The van der Waals surface area contributed by atoms with E-state index in [0.29, 0.717) is 4.78 Å². The molecule has 0 saturated heterocycles. The molecule has 2 N–H and O–H groups in total. The molecular formula is C6H9BO2S. The molecule has 0 fully saturated rings. The van der Waals surface area contributed by atoms with Crippen LogP contribution in [-0.4, -0.2) is 17.2 Å². The quantitative estimate of drug-likeness (QED) is 0.563. The summed E-state index contributed by atoms with van der Waals surface area (Å²) >= 11 is 1.42. The Labute approximate surface area is 64.3 Å². The van der Waals surface area contributed by atoms with Gasteiger partial charge >= 0.3 is 7.12 Å². The SMILES string of the molecule is Cc1cc(C)c(B(O)O)s1. The lowest BCUT2D eigenvalue weighted by molar-refractivity contribution is 0.426. The van der Waals surface area contributed by atoms with E-state index in [4.69, 9.17) is 10.0 Å². The van der Waals surface area contributed by atoms with Gasteiger partial charge in [-0.05, 0) is 25.5 Å². The zero-order valence-corrected chi connectivity index (χ0v) is 6.77. The van der Waals surface area contributed by atoms with Crippen molar-refractivity contribution in [1.82, 2.24) is 0 Å². The Bertz CT molecular complexity index is 232. The van der Waals surface area contributed by atoms with Crippen molar-refractivity contribution >= 4 is 23.2 Å². The third kappa shape index (κ3) is 1.40. The highest BCUT2D eigenvalue weighted by molar-refractivity contribution is 7.22. The van der Waals surface area contributed by atoms with Crippen LogP contribution in [0.3, 0.4) is 0 Å². The number of hydrogen-bond acceptors (Lipinski definition) is 3. The molecule has 0 radical (unpaired) electrons. The van der Waals surface area contributed by atoms with Crippen molar-refractivity contribution in [2.24, 2.45) is 0 Å². The average Bonchev–Trinajstić information content (AvgIpc) is 2.10. The molecule has 0 aliphatic heterocycles. The highest BCUT2D eigenvalue weighted by Crippen LogP contribution is 2.09. The van der Waals surface area contributed by atoms with Crippen molar-refractivity contribution < 1.29 is 10.0 Å². The van der Waals surface area contributed by atoms with Crippen LogP contribution >= 0.6 is 11.3 Å². The zero-order valence-electron chi connectivity index (χ0n) is 5.96. The largest absolute Gasteiger partial charge is 0.499 e. The van der Waals surface area contributed by atoms with E-state index >= 15 is 0 Å². The first kappa shape index (κ1) is 7.79. The fourth-order valence-corrected chi connectivity index (χ4v) is 1.82. The molecule has 0 aliphatic rings. The Hall–Kier alpha value is -0.315. The number of aryl methyl sites for hydroxylation is 2. The van der Waals surface area contributed by atoms with Crippen LogP contribution < -0.4 is 4.78 Å². The Morgan fingerprint density at radius 3 is 2.20 bits per heavy atom. The standard InChI is InChI=1S/C6H9BO2S/c1-4-3-5(2)10-6(4)7(8)9/h3,8-9H,1-2H3. The Balaban J connectivity index is 3.03.